The van der Waals surface area contributed by atoms with E-state index in [1.807, 2.05) is 23.9 Å². The fraction of sp³-hybridized carbons (Fsp3) is 0.176. The molecule has 0 radical (unpaired) electrons. The van der Waals surface area contributed by atoms with Gasteiger partial charge in [0, 0.05) is 10.1 Å². The maximum atomic E-state index is 3.92. The highest BCUT2D eigenvalue weighted by atomic mass is 32.2. The Morgan fingerprint density at radius 1 is 1.00 bits per heavy atom. The molecule has 0 aliphatic carbocycles. The molecular weight excluding hydrogens is 236 g/mol. The Morgan fingerprint density at radius 2 is 1.72 bits per heavy atom. The zero-order valence-corrected chi connectivity index (χ0v) is 11.7. The first-order valence-electron chi connectivity index (χ1n) is 6.19. The molecule has 18 heavy (non-hydrogen) atoms. The lowest BCUT2D eigenvalue weighted by Crippen LogP contribution is -1.89. The zero-order valence-electron chi connectivity index (χ0n) is 10.9. The molecule has 0 fully saturated rings. The number of rotatable bonds is 4. The van der Waals surface area contributed by atoms with Crippen molar-refractivity contribution in [2.75, 3.05) is 0 Å². The Hall–Kier alpha value is -1.47. The maximum Gasteiger partial charge on any atom is 0.0147 e. The van der Waals surface area contributed by atoms with E-state index in [4.69, 9.17) is 0 Å². The van der Waals surface area contributed by atoms with Crippen LogP contribution in [0.15, 0.2) is 60.0 Å². The van der Waals surface area contributed by atoms with E-state index in [1.165, 1.54) is 21.6 Å². The lowest BCUT2D eigenvalue weighted by Gasteiger charge is -2.11. The first-order chi connectivity index (χ1) is 8.70. The lowest BCUT2D eigenvalue weighted by atomic mass is 10.0. The van der Waals surface area contributed by atoms with Crippen LogP contribution < -0.4 is 0 Å². The van der Waals surface area contributed by atoms with Gasteiger partial charge in [0.2, 0.25) is 0 Å². The Labute approximate surface area is 114 Å². The van der Waals surface area contributed by atoms with E-state index in [1.54, 1.807) is 0 Å². The highest BCUT2D eigenvalue weighted by Crippen LogP contribution is 2.31. The van der Waals surface area contributed by atoms with Crippen LogP contribution in [0.1, 0.15) is 19.4 Å². The van der Waals surface area contributed by atoms with Crippen LogP contribution in [-0.2, 0) is 0 Å². The van der Waals surface area contributed by atoms with E-state index in [9.17, 15) is 0 Å². The fourth-order valence-corrected chi connectivity index (χ4v) is 2.81. The predicted molar refractivity (Wildman–Crippen MR) is 83.0 cm³/mol. The van der Waals surface area contributed by atoms with Crippen LogP contribution in [-0.4, -0.2) is 5.25 Å². The van der Waals surface area contributed by atoms with Gasteiger partial charge in [0.1, 0.15) is 0 Å². The molecule has 92 valence electrons. The fourth-order valence-electron chi connectivity index (χ4n) is 1.88. The first kappa shape index (κ1) is 13.0. The summed E-state index contributed by atoms with van der Waals surface area (Å²) in [5, 5.41) is 0.589. The van der Waals surface area contributed by atoms with Gasteiger partial charge in [-0.15, -0.1) is 11.8 Å². The lowest BCUT2D eigenvalue weighted by molar-refractivity contribution is 1.11. The average Bonchev–Trinajstić information content (AvgIpc) is 2.39. The number of hydrogen-bond acceptors (Lipinski definition) is 1. The minimum Gasteiger partial charge on any atom is -0.123 e. The topological polar surface area (TPSA) is 0 Å². The van der Waals surface area contributed by atoms with Crippen LogP contribution in [0.2, 0.25) is 0 Å². The van der Waals surface area contributed by atoms with Gasteiger partial charge < -0.3 is 0 Å². The number of thioether (sulfide) groups is 1. The van der Waals surface area contributed by atoms with Crippen LogP contribution in [0.5, 0.6) is 0 Å². The predicted octanol–water partition coefficient (Wildman–Crippen LogP) is 5.50. The smallest absolute Gasteiger partial charge is 0.0147 e. The third-order valence-corrected chi connectivity index (χ3v) is 3.80. The number of hydrogen-bond donors (Lipinski definition) is 0. The van der Waals surface area contributed by atoms with Gasteiger partial charge in [-0.2, -0.15) is 0 Å². The Kier molecular flexibility index (Phi) is 4.27. The summed E-state index contributed by atoms with van der Waals surface area (Å²) in [6, 6.07) is 17.1. The minimum absolute atomic E-state index is 0.589. The van der Waals surface area contributed by atoms with Crippen molar-refractivity contribution < 1.29 is 0 Å². The van der Waals surface area contributed by atoms with Crippen molar-refractivity contribution in [3.8, 4) is 11.1 Å². The number of benzene rings is 2. The highest BCUT2D eigenvalue weighted by molar-refractivity contribution is 8.00. The van der Waals surface area contributed by atoms with Crippen molar-refractivity contribution in [3.63, 3.8) is 0 Å². The summed E-state index contributed by atoms with van der Waals surface area (Å²) in [6.45, 7) is 8.34. The normalized spacial score (nSPS) is 10.6. The monoisotopic (exact) mass is 254 g/mol. The van der Waals surface area contributed by atoms with Crippen molar-refractivity contribution in [2.45, 2.75) is 24.0 Å². The molecule has 0 aliphatic rings. The van der Waals surface area contributed by atoms with E-state index >= 15 is 0 Å². The van der Waals surface area contributed by atoms with Gasteiger partial charge in [-0.05, 0) is 28.8 Å². The molecule has 0 saturated heterocycles. The molecule has 0 atom stereocenters. The van der Waals surface area contributed by atoms with Crippen LogP contribution >= 0.6 is 11.8 Å². The van der Waals surface area contributed by atoms with Crippen LogP contribution in [0.3, 0.4) is 0 Å². The van der Waals surface area contributed by atoms with Crippen LogP contribution in [0.4, 0.5) is 0 Å². The summed E-state index contributed by atoms with van der Waals surface area (Å²) in [4.78, 5) is 1.31. The Bertz CT molecular complexity index is 527. The van der Waals surface area contributed by atoms with E-state index in [0.717, 1.165) is 0 Å². The quantitative estimate of drug-likeness (QED) is 0.649. The van der Waals surface area contributed by atoms with Gasteiger partial charge >= 0.3 is 0 Å². The molecular formula is C17H18S. The molecule has 0 aromatic heterocycles. The largest absolute Gasteiger partial charge is 0.123 e. The van der Waals surface area contributed by atoms with Gasteiger partial charge in [0.25, 0.3) is 0 Å². The first-order valence-corrected chi connectivity index (χ1v) is 7.07. The summed E-state index contributed by atoms with van der Waals surface area (Å²) in [5.41, 5.74) is 3.72. The standard InChI is InChI=1S/C17H18S/c1-4-14-12-16(15-8-6-5-7-9-15)10-11-17(14)18-13(2)3/h4-13H,1H2,2-3H3. The van der Waals surface area contributed by atoms with E-state index in [2.05, 4.69) is 62.9 Å². The highest BCUT2D eigenvalue weighted by Gasteiger charge is 2.05. The van der Waals surface area contributed by atoms with Crippen molar-refractivity contribution in [1.82, 2.24) is 0 Å². The maximum absolute atomic E-state index is 3.92. The second-order valence-corrected chi connectivity index (χ2v) is 6.11. The third-order valence-electron chi connectivity index (χ3n) is 2.70. The summed E-state index contributed by atoms with van der Waals surface area (Å²) in [6.07, 6.45) is 1.94. The molecule has 2 aromatic rings. The molecule has 0 aliphatic heterocycles. The van der Waals surface area contributed by atoms with Crippen molar-refractivity contribution >= 4 is 17.8 Å². The summed E-state index contributed by atoms with van der Waals surface area (Å²) in [7, 11) is 0. The van der Waals surface area contributed by atoms with Gasteiger partial charge in [0.05, 0.1) is 0 Å². The van der Waals surface area contributed by atoms with Gasteiger partial charge in [-0.3, -0.25) is 0 Å². The Morgan fingerprint density at radius 3 is 2.33 bits per heavy atom. The van der Waals surface area contributed by atoms with Gasteiger partial charge in [0.15, 0.2) is 0 Å². The van der Waals surface area contributed by atoms with Gasteiger partial charge in [-0.25, -0.2) is 0 Å². The summed E-state index contributed by atoms with van der Waals surface area (Å²) in [5.74, 6) is 0. The second kappa shape index (κ2) is 5.92. The molecule has 0 nitrogen and oxygen atoms in total. The molecule has 0 unspecified atom stereocenters. The van der Waals surface area contributed by atoms with Gasteiger partial charge in [-0.1, -0.05) is 62.9 Å². The van der Waals surface area contributed by atoms with Crippen LogP contribution in [0.25, 0.3) is 17.2 Å². The molecule has 0 N–H and O–H groups in total. The summed E-state index contributed by atoms with van der Waals surface area (Å²) >= 11 is 1.88. The molecule has 0 bridgehead atoms. The zero-order chi connectivity index (χ0) is 13.0. The Balaban J connectivity index is 2.39. The molecule has 0 amide bonds. The van der Waals surface area contributed by atoms with Crippen molar-refractivity contribution in [3.05, 3.63) is 60.7 Å². The van der Waals surface area contributed by atoms with E-state index in [0.29, 0.717) is 5.25 Å². The average molecular weight is 254 g/mol. The molecule has 0 saturated carbocycles. The molecule has 1 heteroatoms. The van der Waals surface area contributed by atoms with E-state index < -0.39 is 0 Å². The molecule has 0 heterocycles. The molecule has 0 spiro atoms. The SMILES string of the molecule is C=Cc1cc(-c2ccccc2)ccc1SC(C)C. The van der Waals surface area contributed by atoms with Crippen LogP contribution in [0, 0.1) is 0 Å². The van der Waals surface area contributed by atoms with E-state index in [-0.39, 0.29) is 0 Å². The molecule has 2 aromatic carbocycles. The summed E-state index contributed by atoms with van der Waals surface area (Å²) < 4.78 is 0. The minimum atomic E-state index is 0.589. The molecule has 2 rings (SSSR count). The van der Waals surface area contributed by atoms with Crippen molar-refractivity contribution in [1.29, 1.82) is 0 Å². The second-order valence-electron chi connectivity index (χ2n) is 4.49. The third kappa shape index (κ3) is 3.05. The van der Waals surface area contributed by atoms with Crippen molar-refractivity contribution in [2.24, 2.45) is 0 Å².